The predicted molar refractivity (Wildman–Crippen MR) is 101 cm³/mol. The number of amides is 1. The number of piperidine rings is 1. The third kappa shape index (κ3) is 4.01. The van der Waals surface area contributed by atoms with Gasteiger partial charge in [0.2, 0.25) is 15.9 Å². The van der Waals surface area contributed by atoms with Crippen LogP contribution in [0, 0.1) is 0 Å². The smallest absolute Gasteiger partial charge is 0.341 e. The summed E-state index contributed by atoms with van der Waals surface area (Å²) in [5.41, 5.74) is 1.34. The minimum absolute atomic E-state index is 0.0658. The third-order valence-corrected chi connectivity index (χ3v) is 7.00. The molecule has 0 saturated carbocycles. The van der Waals surface area contributed by atoms with Crippen molar-refractivity contribution < 1.29 is 26.4 Å². The molecule has 9 nitrogen and oxygen atoms in total. The van der Waals surface area contributed by atoms with Crippen molar-refractivity contribution in [1.82, 2.24) is 29.7 Å². The van der Waals surface area contributed by atoms with Crippen LogP contribution < -0.4 is 5.32 Å². The summed E-state index contributed by atoms with van der Waals surface area (Å²) in [6, 6.07) is -0.252. The van der Waals surface area contributed by atoms with Crippen molar-refractivity contribution in [2.24, 2.45) is 0 Å². The van der Waals surface area contributed by atoms with E-state index in [-0.39, 0.29) is 37.8 Å². The molecule has 2 aliphatic heterocycles. The molecule has 4 rings (SSSR count). The van der Waals surface area contributed by atoms with E-state index < -0.39 is 35.0 Å². The number of piperazine rings is 1. The third-order valence-electron chi connectivity index (χ3n) is 5.73. The Morgan fingerprint density at radius 2 is 2.03 bits per heavy atom. The average molecular weight is 446 g/mol. The number of halogens is 3. The van der Waals surface area contributed by atoms with E-state index in [1.807, 2.05) is 0 Å². The van der Waals surface area contributed by atoms with Crippen molar-refractivity contribution in [3.63, 3.8) is 0 Å². The molecule has 1 amide bonds. The maximum atomic E-state index is 13.8. The summed E-state index contributed by atoms with van der Waals surface area (Å²) >= 11 is 0. The number of nitrogens with zero attached hydrogens (tertiary/aromatic N) is 4. The number of aromatic amines is 1. The summed E-state index contributed by atoms with van der Waals surface area (Å²) in [5.74, 6) is -0.662. The topological polar surface area (TPSA) is 111 Å². The number of hydrogen-bond acceptors (Lipinski definition) is 6. The summed E-state index contributed by atoms with van der Waals surface area (Å²) in [7, 11) is -3.75. The largest absolute Gasteiger partial charge is 0.405 e. The van der Waals surface area contributed by atoms with Crippen LogP contribution in [0.25, 0.3) is 11.0 Å². The van der Waals surface area contributed by atoms with E-state index >= 15 is 0 Å². The lowest BCUT2D eigenvalue weighted by molar-refractivity contribution is -0.202. The highest BCUT2D eigenvalue weighted by molar-refractivity contribution is 7.88. The van der Waals surface area contributed by atoms with Crippen LogP contribution in [0.3, 0.4) is 0 Å². The molecule has 13 heteroatoms. The fraction of sp³-hybridized carbons (Fsp3) is 0.588. The Balaban J connectivity index is 1.62. The maximum absolute atomic E-state index is 13.8. The van der Waals surface area contributed by atoms with Crippen LogP contribution in [0.15, 0.2) is 18.5 Å². The minimum atomic E-state index is -4.64. The highest BCUT2D eigenvalue weighted by atomic mass is 32.2. The van der Waals surface area contributed by atoms with Gasteiger partial charge in [-0.2, -0.15) is 22.6 Å². The average Bonchev–Trinajstić information content (AvgIpc) is 3.14. The van der Waals surface area contributed by atoms with E-state index in [1.54, 1.807) is 18.5 Å². The molecule has 2 saturated heterocycles. The van der Waals surface area contributed by atoms with Crippen LogP contribution >= 0.6 is 0 Å². The maximum Gasteiger partial charge on any atom is 0.405 e. The Morgan fingerprint density at radius 1 is 1.27 bits per heavy atom. The number of sulfonamides is 1. The lowest BCUT2D eigenvalue weighted by Gasteiger charge is -2.47. The van der Waals surface area contributed by atoms with Crippen molar-refractivity contribution in [2.45, 2.75) is 37.1 Å². The van der Waals surface area contributed by atoms with Crippen molar-refractivity contribution in [3.8, 4) is 0 Å². The highest BCUT2D eigenvalue weighted by Crippen LogP contribution is 2.36. The molecular formula is C17H21F3N6O3S. The zero-order valence-corrected chi connectivity index (χ0v) is 16.9. The van der Waals surface area contributed by atoms with Gasteiger partial charge in [-0.3, -0.25) is 14.8 Å². The molecule has 4 heterocycles. The summed E-state index contributed by atoms with van der Waals surface area (Å²) in [6.07, 6.45) is -1.05. The second-order valence-electron chi connectivity index (χ2n) is 7.67. The van der Waals surface area contributed by atoms with Gasteiger partial charge in [-0.1, -0.05) is 0 Å². The number of H-pyrrole nitrogens is 1. The van der Waals surface area contributed by atoms with E-state index in [9.17, 15) is 26.4 Å². The van der Waals surface area contributed by atoms with E-state index in [4.69, 9.17) is 0 Å². The lowest BCUT2D eigenvalue weighted by Crippen LogP contribution is -2.66. The van der Waals surface area contributed by atoms with Gasteiger partial charge in [0.05, 0.1) is 18.6 Å². The summed E-state index contributed by atoms with van der Waals surface area (Å²) in [6.45, 7) is -0.892. The molecule has 2 N–H and O–H groups in total. The zero-order chi connectivity index (χ0) is 21.7. The molecule has 3 unspecified atom stereocenters. The standard InChI is InChI=1S/C17H21F3N6O3S/c1-30(28,29)25-4-5-26(13(9-25)17(18,19)20)14-6-10(7-15(27)23-14)11-2-3-21-16-12(11)8-22-24-16/h2-3,8,10,13-14H,4-7,9H2,1H3,(H,23,27)(H,21,22,24). The molecule has 30 heavy (non-hydrogen) atoms. The normalized spacial score (nSPS) is 27.3. The molecule has 2 aliphatic rings. The van der Waals surface area contributed by atoms with Gasteiger partial charge < -0.3 is 5.32 Å². The van der Waals surface area contributed by atoms with Gasteiger partial charge in [0.25, 0.3) is 0 Å². The molecule has 0 bridgehead atoms. The number of pyridine rings is 1. The Bertz CT molecular complexity index is 1060. The quantitative estimate of drug-likeness (QED) is 0.721. The first-order valence-corrected chi connectivity index (χ1v) is 11.2. The van der Waals surface area contributed by atoms with E-state index in [0.29, 0.717) is 5.65 Å². The molecule has 2 aromatic heterocycles. The van der Waals surface area contributed by atoms with Crippen LogP contribution in [0.1, 0.15) is 24.3 Å². The van der Waals surface area contributed by atoms with Gasteiger partial charge in [0.1, 0.15) is 6.04 Å². The Kier molecular flexibility index (Phi) is 5.22. The van der Waals surface area contributed by atoms with Crippen LogP contribution in [0.5, 0.6) is 0 Å². The SMILES string of the molecule is CS(=O)(=O)N1CCN(C2CC(c3ccnc4[nH]ncc34)CC(=O)N2)C(C(F)(F)F)C1. The van der Waals surface area contributed by atoms with Gasteiger partial charge in [0, 0.05) is 37.6 Å². The lowest BCUT2D eigenvalue weighted by atomic mass is 9.86. The fourth-order valence-electron chi connectivity index (χ4n) is 4.30. The Labute approximate surface area is 170 Å². The number of nitrogens with one attached hydrogen (secondary N) is 2. The van der Waals surface area contributed by atoms with Gasteiger partial charge in [-0.05, 0) is 24.0 Å². The predicted octanol–water partition coefficient (Wildman–Crippen LogP) is 0.786. The van der Waals surface area contributed by atoms with Gasteiger partial charge in [-0.15, -0.1) is 0 Å². The molecule has 0 aliphatic carbocycles. The zero-order valence-electron chi connectivity index (χ0n) is 16.1. The highest BCUT2D eigenvalue weighted by Gasteiger charge is 2.50. The number of alkyl halides is 3. The van der Waals surface area contributed by atoms with Crippen molar-refractivity contribution in [2.75, 3.05) is 25.9 Å². The molecule has 3 atom stereocenters. The first-order valence-electron chi connectivity index (χ1n) is 9.39. The summed E-state index contributed by atoms with van der Waals surface area (Å²) in [4.78, 5) is 17.7. The van der Waals surface area contributed by atoms with Crippen LogP contribution in [0.2, 0.25) is 0 Å². The molecule has 2 fully saturated rings. The Hall–Kier alpha value is -2.25. The molecule has 0 aromatic carbocycles. The van der Waals surface area contributed by atoms with Gasteiger partial charge in [0.15, 0.2) is 5.65 Å². The van der Waals surface area contributed by atoms with Crippen LogP contribution in [-0.4, -0.2) is 83.0 Å². The fourth-order valence-corrected chi connectivity index (χ4v) is 5.13. The van der Waals surface area contributed by atoms with E-state index in [1.165, 1.54) is 4.90 Å². The number of hydrogen-bond donors (Lipinski definition) is 2. The molecule has 2 aromatic rings. The molecular weight excluding hydrogens is 425 g/mol. The van der Waals surface area contributed by atoms with Gasteiger partial charge >= 0.3 is 6.18 Å². The number of aromatic nitrogens is 3. The number of fused-ring (bicyclic) bond motifs is 1. The molecule has 0 spiro atoms. The van der Waals surface area contributed by atoms with Crippen LogP contribution in [-0.2, 0) is 14.8 Å². The van der Waals surface area contributed by atoms with E-state index in [2.05, 4.69) is 20.5 Å². The van der Waals surface area contributed by atoms with Crippen LogP contribution in [0.4, 0.5) is 13.2 Å². The first kappa shape index (κ1) is 21.0. The first-order chi connectivity index (χ1) is 14.0. The monoisotopic (exact) mass is 446 g/mol. The van der Waals surface area contributed by atoms with E-state index in [0.717, 1.165) is 21.5 Å². The van der Waals surface area contributed by atoms with Gasteiger partial charge in [-0.25, -0.2) is 13.4 Å². The molecule has 0 radical (unpaired) electrons. The summed E-state index contributed by atoms with van der Waals surface area (Å²) < 4.78 is 65.8. The molecule has 164 valence electrons. The minimum Gasteiger partial charge on any atom is -0.341 e. The van der Waals surface area contributed by atoms with Crippen molar-refractivity contribution >= 4 is 27.0 Å². The van der Waals surface area contributed by atoms with Crippen molar-refractivity contribution in [1.29, 1.82) is 0 Å². The number of carbonyl (C=O) groups is 1. The number of rotatable bonds is 3. The Morgan fingerprint density at radius 3 is 2.73 bits per heavy atom. The second-order valence-corrected chi connectivity index (χ2v) is 9.65. The van der Waals surface area contributed by atoms with Crippen molar-refractivity contribution in [3.05, 3.63) is 24.0 Å². The summed E-state index contributed by atoms with van der Waals surface area (Å²) in [5, 5.41) is 10.1. The second kappa shape index (κ2) is 7.46. The number of carbonyl (C=O) groups excluding carboxylic acids is 1.